The van der Waals surface area contributed by atoms with Gasteiger partial charge in [0.1, 0.15) is 5.82 Å². The monoisotopic (exact) mass is 509 g/mol. The van der Waals surface area contributed by atoms with Gasteiger partial charge in [-0.1, -0.05) is 36.4 Å². The normalized spacial score (nSPS) is 25.6. The number of carbonyl (C=O) groups is 1. The molecule has 0 radical (unpaired) electrons. The highest BCUT2D eigenvalue weighted by atomic mass is 19.1. The fourth-order valence-corrected chi connectivity index (χ4v) is 7.75. The molecule has 194 valence electrons. The third-order valence-electron chi connectivity index (χ3n) is 9.02. The van der Waals surface area contributed by atoms with Gasteiger partial charge in [0, 0.05) is 28.9 Å². The second kappa shape index (κ2) is 8.93. The molecule has 0 aliphatic heterocycles. The van der Waals surface area contributed by atoms with Gasteiger partial charge >= 0.3 is 0 Å². The van der Waals surface area contributed by atoms with Crippen LogP contribution in [-0.2, 0) is 12.0 Å². The first-order valence-electron chi connectivity index (χ1n) is 13.7. The van der Waals surface area contributed by atoms with E-state index >= 15 is 0 Å². The summed E-state index contributed by atoms with van der Waals surface area (Å²) in [5, 5.41) is 12.7. The Balaban J connectivity index is 1.22. The topological polar surface area (TPSA) is 64.7 Å². The smallest absolute Gasteiger partial charge is 0.260 e. The molecule has 1 N–H and O–H groups in total. The number of nitrogens with zero attached hydrogens (tertiary/aromatic N) is 4. The first kappa shape index (κ1) is 23.4. The molecule has 2 aromatic heterocycles. The summed E-state index contributed by atoms with van der Waals surface area (Å²) >= 11 is 0. The van der Waals surface area contributed by atoms with Crippen LogP contribution in [0, 0.1) is 30.5 Å². The molecule has 8 rings (SSSR count). The van der Waals surface area contributed by atoms with E-state index in [4.69, 9.17) is 5.10 Å². The van der Waals surface area contributed by atoms with Crippen LogP contribution in [0.25, 0.3) is 5.69 Å². The summed E-state index contributed by atoms with van der Waals surface area (Å²) < 4.78 is 17.8. The van der Waals surface area contributed by atoms with E-state index in [0.29, 0.717) is 23.5 Å². The summed E-state index contributed by atoms with van der Waals surface area (Å²) in [6, 6.07) is 18.5. The van der Waals surface area contributed by atoms with Gasteiger partial charge in [-0.25, -0.2) is 9.07 Å². The number of benzene rings is 2. The van der Waals surface area contributed by atoms with E-state index in [-0.39, 0.29) is 17.1 Å². The predicted octanol–water partition coefficient (Wildman–Crippen LogP) is 6.28. The molecule has 4 saturated carbocycles. The SMILES string of the molecule is Cc1cc(NC(=O)c2cn(-c3ccccc3)nc2C23CC4CC(CC(C4)C2)C3)nn1Cc1ccccc1F. The van der Waals surface area contributed by atoms with Gasteiger partial charge in [0.2, 0.25) is 0 Å². The molecule has 0 atom stereocenters. The zero-order valence-corrected chi connectivity index (χ0v) is 21.6. The van der Waals surface area contributed by atoms with E-state index in [1.165, 1.54) is 25.3 Å². The van der Waals surface area contributed by atoms with E-state index in [0.717, 1.165) is 54.1 Å². The Morgan fingerprint density at radius 2 is 1.63 bits per heavy atom. The summed E-state index contributed by atoms with van der Waals surface area (Å²) in [6.45, 7) is 2.22. The number of carbonyl (C=O) groups excluding carboxylic acids is 1. The number of rotatable bonds is 6. The van der Waals surface area contributed by atoms with E-state index in [9.17, 15) is 9.18 Å². The molecular weight excluding hydrogens is 477 g/mol. The van der Waals surface area contributed by atoms with Crippen molar-refractivity contribution in [3.63, 3.8) is 0 Å². The molecule has 4 aliphatic carbocycles. The minimum atomic E-state index is -0.262. The van der Waals surface area contributed by atoms with Crippen LogP contribution in [0.15, 0.2) is 66.9 Å². The van der Waals surface area contributed by atoms with Gasteiger partial charge < -0.3 is 5.32 Å². The molecule has 38 heavy (non-hydrogen) atoms. The number of amides is 1. The third-order valence-corrected chi connectivity index (χ3v) is 9.02. The first-order chi connectivity index (χ1) is 18.5. The molecule has 0 unspecified atom stereocenters. The average Bonchev–Trinajstić information content (AvgIpc) is 3.50. The average molecular weight is 510 g/mol. The molecule has 4 aliphatic rings. The van der Waals surface area contributed by atoms with Gasteiger partial charge in [-0.15, -0.1) is 0 Å². The summed E-state index contributed by atoms with van der Waals surface area (Å²) in [4.78, 5) is 13.8. The number of hydrogen-bond acceptors (Lipinski definition) is 3. The number of para-hydroxylation sites is 1. The van der Waals surface area contributed by atoms with Crippen molar-refractivity contribution >= 4 is 11.7 Å². The summed E-state index contributed by atoms with van der Waals surface area (Å²) in [7, 11) is 0. The van der Waals surface area contributed by atoms with Crippen molar-refractivity contribution in [2.75, 3.05) is 5.32 Å². The van der Waals surface area contributed by atoms with Gasteiger partial charge in [-0.05, 0) is 81.4 Å². The summed E-state index contributed by atoms with van der Waals surface area (Å²) in [5.74, 6) is 2.25. The molecule has 0 spiro atoms. The molecule has 1 amide bonds. The highest BCUT2D eigenvalue weighted by molar-refractivity contribution is 6.04. The van der Waals surface area contributed by atoms with Crippen molar-refractivity contribution in [1.82, 2.24) is 19.6 Å². The number of nitrogens with one attached hydrogen (secondary N) is 1. The van der Waals surface area contributed by atoms with Crippen LogP contribution in [-0.4, -0.2) is 25.5 Å². The lowest BCUT2D eigenvalue weighted by atomic mass is 9.48. The summed E-state index contributed by atoms with van der Waals surface area (Å²) in [6.07, 6.45) is 9.27. The number of aryl methyl sites for hydroxylation is 1. The molecule has 7 heteroatoms. The first-order valence-corrected chi connectivity index (χ1v) is 13.7. The highest BCUT2D eigenvalue weighted by Gasteiger charge is 2.54. The Kier molecular flexibility index (Phi) is 5.49. The second-order valence-corrected chi connectivity index (χ2v) is 11.7. The van der Waals surface area contributed by atoms with Crippen molar-refractivity contribution in [2.24, 2.45) is 17.8 Å². The highest BCUT2D eigenvalue weighted by Crippen LogP contribution is 2.60. The minimum absolute atomic E-state index is 0.0262. The van der Waals surface area contributed by atoms with Gasteiger partial charge in [-0.3, -0.25) is 9.48 Å². The van der Waals surface area contributed by atoms with E-state index in [1.807, 2.05) is 60.3 Å². The number of hydrogen-bond donors (Lipinski definition) is 1. The zero-order valence-electron chi connectivity index (χ0n) is 21.6. The third kappa shape index (κ3) is 4.05. The fraction of sp³-hybridized carbons (Fsp3) is 0.387. The maximum Gasteiger partial charge on any atom is 0.260 e. The van der Waals surface area contributed by atoms with E-state index in [1.54, 1.807) is 16.8 Å². The maximum atomic E-state index is 14.2. The lowest BCUT2D eigenvalue weighted by Gasteiger charge is -2.56. The fourth-order valence-electron chi connectivity index (χ4n) is 7.75. The molecule has 2 heterocycles. The van der Waals surface area contributed by atoms with Crippen LogP contribution >= 0.6 is 0 Å². The Labute approximate surface area is 221 Å². The quantitative estimate of drug-likeness (QED) is 0.332. The van der Waals surface area contributed by atoms with Gasteiger partial charge in [0.15, 0.2) is 5.82 Å². The van der Waals surface area contributed by atoms with Gasteiger partial charge in [0.25, 0.3) is 5.91 Å². The van der Waals surface area contributed by atoms with Crippen molar-refractivity contribution in [3.05, 3.63) is 95.2 Å². The number of halogens is 1. The van der Waals surface area contributed by atoms with Crippen LogP contribution in [0.4, 0.5) is 10.2 Å². The Bertz CT molecular complexity index is 1470. The maximum absolute atomic E-state index is 14.2. The molecule has 6 nitrogen and oxygen atoms in total. The zero-order chi connectivity index (χ0) is 25.9. The molecule has 4 fully saturated rings. The van der Waals surface area contributed by atoms with Crippen LogP contribution in [0.2, 0.25) is 0 Å². The van der Waals surface area contributed by atoms with E-state index < -0.39 is 0 Å². The van der Waals surface area contributed by atoms with Crippen LogP contribution in [0.1, 0.15) is 65.8 Å². The van der Waals surface area contributed by atoms with Crippen LogP contribution in [0.3, 0.4) is 0 Å². The van der Waals surface area contributed by atoms with Crippen molar-refractivity contribution in [3.8, 4) is 5.69 Å². The van der Waals surface area contributed by atoms with Gasteiger partial charge in [0.05, 0.1) is 23.5 Å². The Morgan fingerprint density at radius 3 is 2.32 bits per heavy atom. The van der Waals surface area contributed by atoms with E-state index in [2.05, 4.69) is 10.4 Å². The molecule has 0 saturated heterocycles. The number of aromatic nitrogens is 4. The minimum Gasteiger partial charge on any atom is -0.305 e. The Hall–Kier alpha value is -3.74. The van der Waals surface area contributed by atoms with Crippen molar-refractivity contribution < 1.29 is 9.18 Å². The van der Waals surface area contributed by atoms with Crippen LogP contribution in [0.5, 0.6) is 0 Å². The molecule has 2 aromatic carbocycles. The van der Waals surface area contributed by atoms with Crippen molar-refractivity contribution in [1.29, 1.82) is 0 Å². The Morgan fingerprint density at radius 1 is 0.974 bits per heavy atom. The predicted molar refractivity (Wildman–Crippen MR) is 144 cm³/mol. The van der Waals surface area contributed by atoms with Crippen LogP contribution < -0.4 is 5.32 Å². The molecule has 4 bridgehead atoms. The number of anilines is 1. The molecular formula is C31H32FN5O. The second-order valence-electron chi connectivity index (χ2n) is 11.7. The summed E-state index contributed by atoms with van der Waals surface area (Å²) in [5.41, 5.74) is 3.91. The largest absolute Gasteiger partial charge is 0.305 e. The van der Waals surface area contributed by atoms with Gasteiger partial charge in [-0.2, -0.15) is 10.2 Å². The molecule has 4 aromatic rings. The lowest BCUT2D eigenvalue weighted by molar-refractivity contribution is -0.00765. The standard InChI is InChI=1S/C31H32FN5O/c1-20-11-28(34-36(20)18-24-7-5-6-10-27(24)32)33-30(38)26-19-37(25-8-3-2-4-9-25)35-29(26)31-15-21-12-22(16-31)14-23(13-21)17-31/h2-11,19,21-23H,12-18H2,1H3,(H,33,34,38). The lowest BCUT2D eigenvalue weighted by Crippen LogP contribution is -2.49. The van der Waals surface area contributed by atoms with Crippen molar-refractivity contribution in [2.45, 2.75) is 57.4 Å².